The molecule has 1 aromatic rings. The highest BCUT2D eigenvalue weighted by molar-refractivity contribution is 5.98. The lowest BCUT2D eigenvalue weighted by atomic mass is 10.1. The van der Waals surface area contributed by atoms with Crippen LogP contribution in [0.1, 0.15) is 29.8 Å². The Kier molecular flexibility index (Phi) is 5.36. The van der Waals surface area contributed by atoms with E-state index in [0.717, 1.165) is 5.56 Å². The van der Waals surface area contributed by atoms with Gasteiger partial charge < -0.3 is 16.0 Å². The van der Waals surface area contributed by atoms with Crippen LogP contribution in [0.5, 0.6) is 0 Å². The van der Waals surface area contributed by atoms with Crippen molar-refractivity contribution in [1.29, 1.82) is 0 Å². The van der Waals surface area contributed by atoms with Crippen LogP contribution < -0.4 is 11.1 Å². The number of carbonyl (C=O) groups excluding carboxylic acids is 2. The number of hydrogen-bond donors (Lipinski definition) is 2. The first-order valence-electron chi connectivity index (χ1n) is 6.41. The third kappa shape index (κ3) is 3.98. The average Bonchev–Trinajstić information content (AvgIpc) is 2.40. The second kappa shape index (κ2) is 6.78. The van der Waals surface area contributed by atoms with Crippen LogP contribution in [0.4, 0.5) is 5.69 Å². The molecule has 104 valence electrons. The number of nitrogens with one attached hydrogen (secondary N) is 1. The molecule has 0 saturated heterocycles. The SMILES string of the molecule is CCN(CC)C(=O)CNC(=O)c1cc(N)ccc1C. The maximum atomic E-state index is 12.0. The number of nitrogens with zero attached hydrogens (tertiary/aromatic N) is 1. The summed E-state index contributed by atoms with van der Waals surface area (Å²) in [5, 5.41) is 2.63. The molecule has 1 rings (SSSR count). The molecule has 0 aromatic heterocycles. The highest BCUT2D eigenvalue weighted by Gasteiger charge is 2.13. The number of amides is 2. The topological polar surface area (TPSA) is 75.4 Å². The van der Waals surface area contributed by atoms with E-state index >= 15 is 0 Å². The molecule has 3 N–H and O–H groups in total. The van der Waals surface area contributed by atoms with Crippen molar-refractivity contribution in [3.8, 4) is 0 Å². The van der Waals surface area contributed by atoms with Crippen molar-refractivity contribution >= 4 is 17.5 Å². The molecule has 0 unspecified atom stereocenters. The summed E-state index contributed by atoms with van der Waals surface area (Å²) in [6.45, 7) is 6.94. The molecule has 0 bridgehead atoms. The zero-order chi connectivity index (χ0) is 14.4. The Bertz CT molecular complexity index is 468. The van der Waals surface area contributed by atoms with Crippen molar-refractivity contribution in [2.45, 2.75) is 20.8 Å². The minimum Gasteiger partial charge on any atom is -0.399 e. The molecule has 0 radical (unpaired) electrons. The fraction of sp³-hybridized carbons (Fsp3) is 0.429. The van der Waals surface area contributed by atoms with Gasteiger partial charge in [-0.3, -0.25) is 9.59 Å². The predicted octanol–water partition coefficient (Wildman–Crippen LogP) is 1.18. The summed E-state index contributed by atoms with van der Waals surface area (Å²) in [7, 11) is 0. The van der Waals surface area contributed by atoms with Gasteiger partial charge in [0.25, 0.3) is 5.91 Å². The van der Waals surface area contributed by atoms with Gasteiger partial charge in [0, 0.05) is 24.3 Å². The minimum atomic E-state index is -0.273. The quantitative estimate of drug-likeness (QED) is 0.783. The number of hydrogen-bond acceptors (Lipinski definition) is 3. The first-order chi connectivity index (χ1) is 8.99. The van der Waals surface area contributed by atoms with Gasteiger partial charge in [0.1, 0.15) is 0 Å². The largest absolute Gasteiger partial charge is 0.399 e. The van der Waals surface area contributed by atoms with Gasteiger partial charge in [-0.15, -0.1) is 0 Å². The van der Waals surface area contributed by atoms with Crippen LogP contribution >= 0.6 is 0 Å². The van der Waals surface area contributed by atoms with Crippen molar-refractivity contribution in [1.82, 2.24) is 10.2 Å². The zero-order valence-corrected chi connectivity index (χ0v) is 11.7. The zero-order valence-electron chi connectivity index (χ0n) is 11.7. The Labute approximate surface area is 113 Å². The van der Waals surface area contributed by atoms with Gasteiger partial charge in [-0.1, -0.05) is 6.07 Å². The Morgan fingerprint density at radius 3 is 2.47 bits per heavy atom. The van der Waals surface area contributed by atoms with Crippen LogP contribution in [0.3, 0.4) is 0 Å². The van der Waals surface area contributed by atoms with E-state index in [-0.39, 0.29) is 18.4 Å². The van der Waals surface area contributed by atoms with E-state index in [1.54, 1.807) is 23.1 Å². The van der Waals surface area contributed by atoms with Crippen LogP contribution in [0.2, 0.25) is 0 Å². The highest BCUT2D eigenvalue weighted by atomic mass is 16.2. The van der Waals surface area contributed by atoms with Crippen molar-refractivity contribution in [2.75, 3.05) is 25.4 Å². The summed E-state index contributed by atoms with van der Waals surface area (Å²) in [6, 6.07) is 5.15. The van der Waals surface area contributed by atoms with E-state index in [4.69, 9.17) is 5.73 Å². The standard InChI is InChI=1S/C14H21N3O2/c1-4-17(5-2)13(18)9-16-14(19)12-8-11(15)7-6-10(12)3/h6-8H,4-5,9,15H2,1-3H3,(H,16,19). The molecule has 0 fully saturated rings. The summed E-state index contributed by atoms with van der Waals surface area (Å²) >= 11 is 0. The van der Waals surface area contributed by atoms with Gasteiger partial charge in [0.2, 0.25) is 5.91 Å². The molecule has 5 heteroatoms. The van der Waals surface area contributed by atoms with E-state index in [2.05, 4.69) is 5.32 Å². The van der Waals surface area contributed by atoms with Gasteiger partial charge >= 0.3 is 0 Å². The Balaban J connectivity index is 2.65. The molecule has 0 aliphatic heterocycles. The number of benzene rings is 1. The molecule has 1 aromatic carbocycles. The molecule has 2 amide bonds. The van der Waals surface area contributed by atoms with Gasteiger partial charge in [-0.2, -0.15) is 0 Å². The molecule has 5 nitrogen and oxygen atoms in total. The predicted molar refractivity (Wildman–Crippen MR) is 75.9 cm³/mol. The van der Waals surface area contributed by atoms with Crippen molar-refractivity contribution < 1.29 is 9.59 Å². The molecular formula is C14H21N3O2. The van der Waals surface area contributed by atoms with Gasteiger partial charge in [-0.25, -0.2) is 0 Å². The second-order valence-corrected chi connectivity index (χ2v) is 4.32. The molecule has 0 aliphatic rings. The molecule has 19 heavy (non-hydrogen) atoms. The Hall–Kier alpha value is -2.04. The molecule has 0 atom stereocenters. The van der Waals surface area contributed by atoms with Crippen molar-refractivity contribution in [2.24, 2.45) is 0 Å². The van der Waals surface area contributed by atoms with E-state index in [9.17, 15) is 9.59 Å². The fourth-order valence-corrected chi connectivity index (χ4v) is 1.82. The number of rotatable bonds is 5. The first-order valence-corrected chi connectivity index (χ1v) is 6.41. The third-order valence-corrected chi connectivity index (χ3v) is 3.02. The van der Waals surface area contributed by atoms with Crippen LogP contribution in [0, 0.1) is 6.92 Å². The molecule has 0 aliphatic carbocycles. The number of likely N-dealkylation sites (N-methyl/N-ethyl adjacent to an activating group) is 1. The number of nitrogen functional groups attached to an aromatic ring is 1. The van der Waals surface area contributed by atoms with E-state index in [1.165, 1.54) is 0 Å². The lowest BCUT2D eigenvalue weighted by molar-refractivity contribution is -0.129. The van der Waals surface area contributed by atoms with Crippen LogP contribution in [0.15, 0.2) is 18.2 Å². The molecule has 0 saturated carbocycles. The van der Waals surface area contributed by atoms with Crippen molar-refractivity contribution in [3.05, 3.63) is 29.3 Å². The maximum Gasteiger partial charge on any atom is 0.252 e. The van der Waals surface area contributed by atoms with Crippen molar-refractivity contribution in [3.63, 3.8) is 0 Å². The van der Waals surface area contributed by atoms with Gasteiger partial charge in [-0.05, 0) is 38.5 Å². The van der Waals surface area contributed by atoms with Gasteiger partial charge in [0.15, 0.2) is 0 Å². The number of carbonyl (C=O) groups is 2. The summed E-state index contributed by atoms with van der Waals surface area (Å²) in [4.78, 5) is 25.4. The third-order valence-electron chi connectivity index (χ3n) is 3.02. The fourth-order valence-electron chi connectivity index (χ4n) is 1.82. The van der Waals surface area contributed by atoms with Gasteiger partial charge in [0.05, 0.1) is 6.54 Å². The lowest BCUT2D eigenvalue weighted by Gasteiger charge is -2.18. The van der Waals surface area contributed by atoms with E-state index in [0.29, 0.717) is 24.3 Å². The number of nitrogens with two attached hydrogens (primary N) is 1. The maximum absolute atomic E-state index is 12.0. The monoisotopic (exact) mass is 263 g/mol. The second-order valence-electron chi connectivity index (χ2n) is 4.32. The number of aryl methyl sites for hydroxylation is 1. The average molecular weight is 263 g/mol. The van der Waals surface area contributed by atoms with E-state index in [1.807, 2.05) is 20.8 Å². The normalized spacial score (nSPS) is 10.1. The number of anilines is 1. The van der Waals surface area contributed by atoms with E-state index < -0.39 is 0 Å². The minimum absolute atomic E-state index is 0.00868. The summed E-state index contributed by atoms with van der Waals surface area (Å²) in [5.74, 6) is -0.356. The smallest absolute Gasteiger partial charge is 0.252 e. The van der Waals surface area contributed by atoms with Crippen LogP contribution in [-0.2, 0) is 4.79 Å². The Morgan fingerprint density at radius 2 is 1.89 bits per heavy atom. The lowest BCUT2D eigenvalue weighted by Crippen LogP contribution is -2.40. The summed E-state index contributed by atoms with van der Waals surface area (Å²) < 4.78 is 0. The summed E-state index contributed by atoms with van der Waals surface area (Å²) in [5.41, 5.74) is 7.53. The summed E-state index contributed by atoms with van der Waals surface area (Å²) in [6.07, 6.45) is 0. The highest BCUT2D eigenvalue weighted by Crippen LogP contribution is 2.12. The molecule has 0 heterocycles. The Morgan fingerprint density at radius 1 is 1.26 bits per heavy atom. The molecule has 0 spiro atoms. The van der Waals surface area contributed by atoms with Crippen LogP contribution in [0.25, 0.3) is 0 Å². The molecular weight excluding hydrogens is 242 g/mol. The van der Waals surface area contributed by atoms with Crippen LogP contribution in [-0.4, -0.2) is 36.3 Å². The first kappa shape index (κ1) is 15.0.